The average Bonchev–Trinajstić information content (AvgIpc) is 3.10. The van der Waals surface area contributed by atoms with Crippen LogP contribution in [-0.2, 0) is 24.2 Å². The van der Waals surface area contributed by atoms with Gasteiger partial charge in [0.1, 0.15) is 6.54 Å². The molecule has 0 radical (unpaired) electrons. The molecule has 4 aromatic rings. The lowest BCUT2D eigenvalue weighted by atomic mass is 10.1. The number of aromatic nitrogens is 2. The second-order valence-corrected chi connectivity index (χ2v) is 8.92. The number of amides is 1. The lowest BCUT2D eigenvalue weighted by Crippen LogP contribution is -2.21. The number of rotatable bonds is 3. The van der Waals surface area contributed by atoms with Crippen molar-refractivity contribution in [2.45, 2.75) is 19.4 Å². The summed E-state index contributed by atoms with van der Waals surface area (Å²) in [7, 11) is 0. The zero-order valence-electron chi connectivity index (χ0n) is 15.5. The summed E-state index contributed by atoms with van der Waals surface area (Å²) in [6.07, 6.45) is 1.75. The van der Waals surface area contributed by atoms with Crippen molar-refractivity contribution in [2.75, 3.05) is 18.4 Å². The van der Waals surface area contributed by atoms with Gasteiger partial charge < -0.3 is 15.2 Å². The molecule has 0 bridgehead atoms. The third-order valence-electron chi connectivity index (χ3n) is 5.26. The average molecular weight is 445 g/mol. The molecule has 3 heterocycles. The second-order valence-electron chi connectivity index (χ2n) is 7.08. The van der Waals surface area contributed by atoms with Crippen molar-refractivity contribution < 1.29 is 4.79 Å². The molecule has 2 aromatic heterocycles. The molecule has 0 aliphatic carbocycles. The number of hydrogen-bond donors (Lipinski definition) is 2. The Balaban J connectivity index is 1.51. The van der Waals surface area contributed by atoms with Crippen LogP contribution in [-0.4, -0.2) is 28.5 Å². The smallest absolute Gasteiger partial charge is 0.246 e. The maximum Gasteiger partial charge on any atom is 0.246 e. The highest BCUT2D eigenvalue weighted by Crippen LogP contribution is 2.34. The summed E-state index contributed by atoms with van der Waals surface area (Å²) < 4.78 is 3.12. The number of fused-ring (bicyclic) bond motifs is 4. The summed E-state index contributed by atoms with van der Waals surface area (Å²) >= 11 is 14.1. The van der Waals surface area contributed by atoms with Gasteiger partial charge in [-0.3, -0.25) is 4.79 Å². The SMILES string of the molecule is O=C(Cn1c2c(c3cc(Cl)c(Cl)cc31)CCNCC2)Nc1nc2ccccc2s1. The first kappa shape index (κ1) is 18.9. The summed E-state index contributed by atoms with van der Waals surface area (Å²) in [6.45, 7) is 1.99. The fourth-order valence-corrected chi connectivity index (χ4v) is 5.19. The normalized spacial score (nSPS) is 14.1. The molecular weight excluding hydrogens is 427 g/mol. The van der Waals surface area contributed by atoms with Gasteiger partial charge in [-0.2, -0.15) is 0 Å². The van der Waals surface area contributed by atoms with Gasteiger partial charge in [0.25, 0.3) is 0 Å². The molecule has 2 aromatic carbocycles. The standard InChI is InChI=1S/C21H18Cl2N4OS/c22-14-9-13-12-5-7-24-8-6-17(12)27(18(13)10-15(14)23)11-20(28)26-21-25-16-3-1-2-4-19(16)29-21/h1-4,9-10,24H,5-8,11H2,(H,25,26,28). The summed E-state index contributed by atoms with van der Waals surface area (Å²) in [5.41, 5.74) is 4.26. The molecule has 0 fully saturated rings. The van der Waals surface area contributed by atoms with Crippen LogP contribution in [0.2, 0.25) is 10.0 Å². The zero-order chi connectivity index (χ0) is 20.0. The number of nitrogens with one attached hydrogen (secondary N) is 2. The van der Waals surface area contributed by atoms with Crippen LogP contribution in [0.1, 0.15) is 11.3 Å². The predicted octanol–water partition coefficient (Wildman–Crippen LogP) is 4.88. The van der Waals surface area contributed by atoms with Crippen molar-refractivity contribution in [2.24, 2.45) is 0 Å². The number of nitrogens with zero attached hydrogens (tertiary/aromatic N) is 2. The van der Waals surface area contributed by atoms with Crippen LogP contribution >= 0.6 is 34.5 Å². The fourth-order valence-electron chi connectivity index (χ4n) is 3.98. The number of carbonyl (C=O) groups is 1. The van der Waals surface area contributed by atoms with E-state index < -0.39 is 0 Å². The summed E-state index contributed by atoms with van der Waals surface area (Å²) in [5, 5.41) is 9.10. The van der Waals surface area contributed by atoms with Gasteiger partial charge in [0.05, 0.1) is 25.8 Å². The lowest BCUT2D eigenvalue weighted by molar-refractivity contribution is -0.116. The summed E-state index contributed by atoms with van der Waals surface area (Å²) in [4.78, 5) is 17.4. The zero-order valence-corrected chi connectivity index (χ0v) is 17.8. The monoisotopic (exact) mass is 444 g/mol. The van der Waals surface area contributed by atoms with Crippen LogP contribution in [0.15, 0.2) is 36.4 Å². The van der Waals surface area contributed by atoms with Gasteiger partial charge in [-0.1, -0.05) is 46.7 Å². The van der Waals surface area contributed by atoms with Crippen LogP contribution in [0.4, 0.5) is 5.13 Å². The first-order chi connectivity index (χ1) is 14.1. The molecule has 0 saturated heterocycles. The third kappa shape index (κ3) is 3.51. The van der Waals surface area contributed by atoms with Crippen LogP contribution < -0.4 is 10.6 Å². The van der Waals surface area contributed by atoms with Gasteiger partial charge >= 0.3 is 0 Å². The van der Waals surface area contributed by atoms with Crippen molar-refractivity contribution in [3.63, 3.8) is 0 Å². The van der Waals surface area contributed by atoms with Crippen LogP contribution in [0.5, 0.6) is 0 Å². The number of benzene rings is 2. The number of halogens is 2. The molecule has 0 spiro atoms. The Bertz CT molecular complexity index is 1210. The van der Waals surface area contributed by atoms with Crippen LogP contribution in [0.3, 0.4) is 0 Å². The van der Waals surface area contributed by atoms with E-state index in [1.54, 1.807) is 0 Å². The molecule has 5 nitrogen and oxygen atoms in total. The van der Waals surface area contributed by atoms with E-state index in [0.717, 1.165) is 47.1 Å². The minimum Gasteiger partial charge on any atom is -0.335 e. The summed E-state index contributed by atoms with van der Waals surface area (Å²) in [5.74, 6) is -0.105. The Morgan fingerprint density at radius 3 is 2.83 bits per heavy atom. The molecule has 5 rings (SSSR count). The van der Waals surface area contributed by atoms with Crippen molar-refractivity contribution >= 4 is 66.7 Å². The minimum absolute atomic E-state index is 0.105. The maximum absolute atomic E-state index is 12.9. The highest BCUT2D eigenvalue weighted by molar-refractivity contribution is 7.22. The largest absolute Gasteiger partial charge is 0.335 e. The Hall–Kier alpha value is -2.12. The van der Waals surface area contributed by atoms with Crippen molar-refractivity contribution in [3.8, 4) is 0 Å². The van der Waals surface area contributed by atoms with Gasteiger partial charge in [-0.05, 0) is 42.8 Å². The number of thiazole rings is 1. The van der Waals surface area contributed by atoms with Gasteiger partial charge in [0.15, 0.2) is 5.13 Å². The quantitative estimate of drug-likeness (QED) is 0.473. The fraction of sp³-hybridized carbons (Fsp3) is 0.238. The molecule has 0 unspecified atom stereocenters. The molecule has 0 saturated carbocycles. The molecule has 148 valence electrons. The molecule has 1 aliphatic rings. The Labute approximate surface area is 181 Å². The van der Waals surface area contributed by atoms with E-state index in [4.69, 9.17) is 23.2 Å². The highest BCUT2D eigenvalue weighted by atomic mass is 35.5. The predicted molar refractivity (Wildman–Crippen MR) is 120 cm³/mol. The Morgan fingerprint density at radius 1 is 1.17 bits per heavy atom. The molecule has 1 aliphatic heterocycles. The van der Waals surface area contributed by atoms with E-state index in [-0.39, 0.29) is 12.5 Å². The van der Waals surface area contributed by atoms with Crippen molar-refractivity contribution in [1.82, 2.24) is 14.9 Å². The van der Waals surface area contributed by atoms with E-state index in [2.05, 4.69) is 20.2 Å². The van der Waals surface area contributed by atoms with E-state index in [1.807, 2.05) is 36.4 Å². The van der Waals surface area contributed by atoms with E-state index in [1.165, 1.54) is 22.6 Å². The van der Waals surface area contributed by atoms with Gasteiger partial charge in [0.2, 0.25) is 5.91 Å². The van der Waals surface area contributed by atoms with Crippen LogP contribution in [0, 0.1) is 0 Å². The Morgan fingerprint density at radius 2 is 1.97 bits per heavy atom. The van der Waals surface area contributed by atoms with Gasteiger partial charge in [-0.25, -0.2) is 4.98 Å². The van der Waals surface area contributed by atoms with E-state index in [0.29, 0.717) is 15.2 Å². The molecule has 1 amide bonds. The van der Waals surface area contributed by atoms with Crippen LogP contribution in [0.25, 0.3) is 21.1 Å². The Kier molecular flexibility index (Phi) is 4.95. The second kappa shape index (κ2) is 7.61. The topological polar surface area (TPSA) is 59.0 Å². The molecule has 0 atom stereocenters. The van der Waals surface area contributed by atoms with Gasteiger partial charge in [0, 0.05) is 24.0 Å². The molecular formula is C21H18Cl2N4OS. The van der Waals surface area contributed by atoms with Crippen molar-refractivity contribution in [3.05, 3.63) is 57.7 Å². The number of para-hydroxylation sites is 1. The highest BCUT2D eigenvalue weighted by Gasteiger charge is 2.22. The third-order valence-corrected chi connectivity index (χ3v) is 6.93. The number of carbonyl (C=O) groups excluding carboxylic acids is 1. The molecule has 2 N–H and O–H groups in total. The molecule has 29 heavy (non-hydrogen) atoms. The minimum atomic E-state index is -0.105. The molecule has 8 heteroatoms. The number of hydrogen-bond acceptors (Lipinski definition) is 4. The van der Waals surface area contributed by atoms with E-state index >= 15 is 0 Å². The lowest BCUT2D eigenvalue weighted by Gasteiger charge is -2.11. The van der Waals surface area contributed by atoms with Crippen molar-refractivity contribution in [1.29, 1.82) is 0 Å². The van der Waals surface area contributed by atoms with Gasteiger partial charge in [-0.15, -0.1) is 0 Å². The summed E-state index contributed by atoms with van der Waals surface area (Å²) in [6, 6.07) is 11.6. The number of anilines is 1. The maximum atomic E-state index is 12.9. The van der Waals surface area contributed by atoms with E-state index in [9.17, 15) is 4.79 Å². The first-order valence-electron chi connectivity index (χ1n) is 9.45. The first-order valence-corrected chi connectivity index (χ1v) is 11.0.